The first-order chi connectivity index (χ1) is 12.9. The van der Waals surface area contributed by atoms with Crippen LogP contribution in [0, 0.1) is 13.8 Å². The fourth-order valence-electron chi connectivity index (χ4n) is 3.32. The Bertz CT molecular complexity index is 1070. The van der Waals surface area contributed by atoms with Crippen LogP contribution >= 0.6 is 0 Å². The highest BCUT2D eigenvalue weighted by atomic mass is 16.5. The van der Waals surface area contributed by atoms with Crippen LogP contribution in [0.15, 0.2) is 34.9 Å². The lowest BCUT2D eigenvalue weighted by Crippen LogP contribution is -2.32. The van der Waals surface area contributed by atoms with Crippen LogP contribution in [0.1, 0.15) is 50.8 Å². The van der Waals surface area contributed by atoms with Crippen molar-refractivity contribution in [2.24, 2.45) is 0 Å². The number of imide groups is 1. The second-order valence-corrected chi connectivity index (χ2v) is 6.42. The quantitative estimate of drug-likeness (QED) is 0.711. The number of rotatable bonds is 3. The van der Waals surface area contributed by atoms with Crippen LogP contribution < -0.4 is 5.73 Å². The predicted molar refractivity (Wildman–Crippen MR) is 96.8 cm³/mol. The number of hydrogen-bond acceptors (Lipinski definition) is 7. The fraction of sp³-hybridized carbons (Fsp3) is 0.211. The molecule has 1 aliphatic rings. The van der Waals surface area contributed by atoms with E-state index in [1.165, 1.54) is 4.90 Å². The zero-order valence-corrected chi connectivity index (χ0v) is 15.1. The number of carbonyl (C=O) groups is 2. The average Bonchev–Trinajstić information content (AvgIpc) is 3.20. The maximum Gasteiger partial charge on any atom is 0.278 e. The second kappa shape index (κ2) is 6.01. The van der Waals surface area contributed by atoms with E-state index in [9.17, 15) is 9.59 Å². The van der Waals surface area contributed by atoms with Crippen LogP contribution in [0.5, 0.6) is 0 Å². The standard InChI is InChI=1S/C19H17N5O3/c1-9-13-14(15(20)16(21-9)17-22-11(3)23-27-17)19(26)24(18(13)25)10(2)12-7-5-4-6-8-12/h4-8,10H,20H2,1-3H3. The third-order valence-corrected chi connectivity index (χ3v) is 4.68. The molecule has 1 aromatic carbocycles. The molecule has 3 heterocycles. The minimum absolute atomic E-state index is 0.0698. The van der Waals surface area contributed by atoms with E-state index in [1.54, 1.807) is 20.8 Å². The van der Waals surface area contributed by atoms with Crippen molar-refractivity contribution in [1.29, 1.82) is 0 Å². The molecule has 4 rings (SSSR count). The minimum atomic E-state index is -0.452. The summed E-state index contributed by atoms with van der Waals surface area (Å²) in [5.74, 6) is -0.319. The van der Waals surface area contributed by atoms with E-state index in [0.717, 1.165) is 5.56 Å². The van der Waals surface area contributed by atoms with Crippen LogP contribution in [0.25, 0.3) is 11.6 Å². The number of pyridine rings is 1. The van der Waals surface area contributed by atoms with Gasteiger partial charge >= 0.3 is 0 Å². The van der Waals surface area contributed by atoms with Gasteiger partial charge in [0.25, 0.3) is 17.7 Å². The van der Waals surface area contributed by atoms with Crippen LogP contribution in [0.4, 0.5) is 5.69 Å². The van der Waals surface area contributed by atoms with Gasteiger partial charge in [-0.05, 0) is 26.3 Å². The number of anilines is 1. The molecule has 0 bridgehead atoms. The first-order valence-corrected chi connectivity index (χ1v) is 8.43. The third kappa shape index (κ3) is 2.49. The van der Waals surface area contributed by atoms with E-state index in [4.69, 9.17) is 10.3 Å². The van der Waals surface area contributed by atoms with Gasteiger partial charge in [0, 0.05) is 0 Å². The first-order valence-electron chi connectivity index (χ1n) is 8.43. The summed E-state index contributed by atoms with van der Waals surface area (Å²) in [7, 11) is 0. The molecule has 2 aromatic heterocycles. The average molecular weight is 363 g/mol. The number of hydrogen-bond donors (Lipinski definition) is 1. The van der Waals surface area contributed by atoms with Gasteiger partial charge in [0.05, 0.1) is 28.6 Å². The number of fused-ring (bicyclic) bond motifs is 1. The van der Waals surface area contributed by atoms with Crippen LogP contribution in [-0.2, 0) is 0 Å². The summed E-state index contributed by atoms with van der Waals surface area (Å²) in [6.45, 7) is 5.13. The highest BCUT2D eigenvalue weighted by Crippen LogP contribution is 2.38. The predicted octanol–water partition coefficient (Wildman–Crippen LogP) is 2.69. The van der Waals surface area contributed by atoms with E-state index in [2.05, 4.69) is 15.1 Å². The Kier molecular flexibility index (Phi) is 3.76. The van der Waals surface area contributed by atoms with Crippen LogP contribution in [0.2, 0.25) is 0 Å². The minimum Gasteiger partial charge on any atom is -0.396 e. The van der Waals surface area contributed by atoms with E-state index >= 15 is 0 Å². The van der Waals surface area contributed by atoms with Crippen molar-refractivity contribution in [1.82, 2.24) is 20.0 Å². The third-order valence-electron chi connectivity index (χ3n) is 4.68. The van der Waals surface area contributed by atoms with Gasteiger partial charge in [-0.25, -0.2) is 4.98 Å². The first kappa shape index (κ1) is 16.9. The van der Waals surface area contributed by atoms with Gasteiger partial charge in [-0.1, -0.05) is 35.5 Å². The van der Waals surface area contributed by atoms with Crippen molar-refractivity contribution in [3.63, 3.8) is 0 Å². The van der Waals surface area contributed by atoms with Gasteiger partial charge < -0.3 is 10.3 Å². The summed E-state index contributed by atoms with van der Waals surface area (Å²) < 4.78 is 5.14. The Morgan fingerprint density at radius 3 is 2.33 bits per heavy atom. The number of aromatic nitrogens is 3. The molecule has 0 fully saturated rings. The zero-order chi connectivity index (χ0) is 19.3. The summed E-state index contributed by atoms with van der Waals surface area (Å²) >= 11 is 0. The molecule has 136 valence electrons. The molecule has 0 radical (unpaired) electrons. The van der Waals surface area contributed by atoms with Crippen molar-refractivity contribution in [3.05, 3.63) is 58.5 Å². The lowest BCUT2D eigenvalue weighted by molar-refractivity contribution is 0.0595. The molecule has 3 aromatic rings. The summed E-state index contributed by atoms with van der Waals surface area (Å²) in [5.41, 5.74) is 8.10. The Morgan fingerprint density at radius 2 is 1.70 bits per heavy atom. The van der Waals surface area contributed by atoms with E-state index in [1.807, 2.05) is 30.3 Å². The molecule has 27 heavy (non-hydrogen) atoms. The van der Waals surface area contributed by atoms with Gasteiger partial charge in [0.15, 0.2) is 11.5 Å². The molecular formula is C19H17N5O3. The molecule has 2 N–H and O–H groups in total. The van der Waals surface area contributed by atoms with Crippen molar-refractivity contribution >= 4 is 17.5 Å². The molecule has 0 saturated carbocycles. The maximum absolute atomic E-state index is 13.1. The highest BCUT2D eigenvalue weighted by Gasteiger charge is 2.43. The summed E-state index contributed by atoms with van der Waals surface area (Å²) in [5, 5.41) is 3.73. The van der Waals surface area contributed by atoms with Gasteiger partial charge in [-0.15, -0.1) is 0 Å². The molecule has 0 saturated heterocycles. The van der Waals surface area contributed by atoms with Crippen molar-refractivity contribution in [3.8, 4) is 11.6 Å². The fourth-order valence-corrected chi connectivity index (χ4v) is 3.32. The molecule has 1 atom stereocenters. The number of aryl methyl sites for hydroxylation is 2. The molecule has 8 heteroatoms. The number of nitrogens with zero attached hydrogens (tertiary/aromatic N) is 4. The SMILES string of the molecule is Cc1noc(-c2nc(C)c3c(c2N)C(=O)N(C(C)c2ccccc2)C3=O)n1. The monoisotopic (exact) mass is 363 g/mol. The number of amides is 2. The van der Waals surface area contributed by atoms with Gasteiger partial charge in [-0.2, -0.15) is 4.98 Å². The molecule has 0 spiro atoms. The van der Waals surface area contributed by atoms with Crippen LogP contribution in [0.3, 0.4) is 0 Å². The maximum atomic E-state index is 13.1. The number of nitrogen functional groups attached to an aromatic ring is 1. The molecular weight excluding hydrogens is 346 g/mol. The van der Waals surface area contributed by atoms with Gasteiger partial charge in [-0.3, -0.25) is 14.5 Å². The smallest absolute Gasteiger partial charge is 0.278 e. The van der Waals surface area contributed by atoms with Gasteiger partial charge in [0.1, 0.15) is 0 Å². The largest absolute Gasteiger partial charge is 0.396 e. The van der Waals surface area contributed by atoms with Gasteiger partial charge in [0.2, 0.25) is 0 Å². The Labute approximate surface area is 155 Å². The Hall–Kier alpha value is -3.55. The molecule has 1 unspecified atom stereocenters. The van der Waals surface area contributed by atoms with Crippen molar-refractivity contribution in [2.75, 3.05) is 5.73 Å². The number of carbonyl (C=O) groups excluding carboxylic acids is 2. The second-order valence-electron chi connectivity index (χ2n) is 6.42. The Balaban J connectivity index is 1.84. The van der Waals surface area contributed by atoms with Crippen LogP contribution in [-0.4, -0.2) is 31.8 Å². The molecule has 2 amide bonds. The summed E-state index contributed by atoms with van der Waals surface area (Å²) in [4.78, 5) is 35.8. The van der Waals surface area contributed by atoms with E-state index in [-0.39, 0.29) is 28.4 Å². The number of benzene rings is 1. The summed E-state index contributed by atoms with van der Waals surface area (Å²) in [6.07, 6.45) is 0. The molecule has 8 nitrogen and oxygen atoms in total. The lowest BCUT2D eigenvalue weighted by Gasteiger charge is -2.22. The van der Waals surface area contributed by atoms with Crippen molar-refractivity contribution < 1.29 is 14.1 Å². The topological polar surface area (TPSA) is 115 Å². The van der Waals surface area contributed by atoms with E-state index < -0.39 is 17.9 Å². The highest BCUT2D eigenvalue weighted by molar-refractivity contribution is 6.25. The summed E-state index contributed by atoms with van der Waals surface area (Å²) in [6, 6.07) is 8.91. The van der Waals surface area contributed by atoms with Crippen molar-refractivity contribution in [2.45, 2.75) is 26.8 Å². The molecule has 1 aliphatic heterocycles. The zero-order valence-electron chi connectivity index (χ0n) is 15.1. The number of nitrogens with two attached hydrogens (primary N) is 1. The van der Waals surface area contributed by atoms with E-state index in [0.29, 0.717) is 11.5 Å². The molecule has 0 aliphatic carbocycles. The normalized spacial score (nSPS) is 14.6. The Morgan fingerprint density at radius 1 is 1.04 bits per heavy atom. The lowest BCUT2D eigenvalue weighted by atomic mass is 10.0.